The van der Waals surface area contributed by atoms with Crippen molar-refractivity contribution in [3.8, 4) is 5.88 Å². The van der Waals surface area contributed by atoms with Crippen molar-refractivity contribution in [2.24, 2.45) is 0 Å². The molecule has 4 rings (SSSR count). The molecule has 1 aromatic carbocycles. The van der Waals surface area contributed by atoms with Gasteiger partial charge in [-0.15, -0.1) is 11.3 Å². The first kappa shape index (κ1) is 23.1. The van der Waals surface area contributed by atoms with Crippen LogP contribution >= 0.6 is 11.3 Å². The number of carbonyl (C=O) groups is 2. The molecule has 1 aliphatic rings. The molecule has 0 saturated carbocycles. The third-order valence-electron chi connectivity index (χ3n) is 5.93. The van der Waals surface area contributed by atoms with Crippen LogP contribution in [0.3, 0.4) is 0 Å². The molecule has 8 nitrogen and oxygen atoms in total. The van der Waals surface area contributed by atoms with Gasteiger partial charge in [-0.1, -0.05) is 19.1 Å². The summed E-state index contributed by atoms with van der Waals surface area (Å²) in [4.78, 5) is 40.1. The van der Waals surface area contributed by atoms with Crippen LogP contribution in [0.1, 0.15) is 43.9 Å². The van der Waals surface area contributed by atoms with E-state index in [0.29, 0.717) is 53.2 Å². The Balaban J connectivity index is 1.49. The number of fused-ring (bicyclic) bond motifs is 1. The SMILES string of the molecule is CCc1ccc(C(=O)N2CCN(C(=O)c3sc4nc(COC)nc(OC)c4c3C)CC2)cc1. The molecule has 1 aliphatic heterocycles. The lowest BCUT2D eigenvalue weighted by molar-refractivity contribution is 0.0537. The summed E-state index contributed by atoms with van der Waals surface area (Å²) in [5.41, 5.74) is 2.71. The van der Waals surface area contributed by atoms with E-state index < -0.39 is 0 Å². The normalized spacial score (nSPS) is 14.1. The molecule has 0 N–H and O–H groups in total. The molecule has 0 unspecified atom stereocenters. The molecule has 0 atom stereocenters. The number of hydrogen-bond donors (Lipinski definition) is 0. The number of amides is 2. The van der Waals surface area contributed by atoms with Crippen LogP contribution in [-0.4, -0.2) is 72.0 Å². The minimum Gasteiger partial charge on any atom is -0.480 e. The molecule has 3 aromatic rings. The molecule has 0 radical (unpaired) electrons. The smallest absolute Gasteiger partial charge is 0.264 e. The fourth-order valence-electron chi connectivity index (χ4n) is 4.01. The Labute approximate surface area is 197 Å². The molecule has 3 heterocycles. The van der Waals surface area contributed by atoms with E-state index >= 15 is 0 Å². The average molecular weight is 469 g/mol. The van der Waals surface area contributed by atoms with Crippen LogP contribution in [0, 0.1) is 6.92 Å². The van der Waals surface area contributed by atoms with Gasteiger partial charge in [0.1, 0.15) is 11.4 Å². The molecule has 1 saturated heterocycles. The van der Waals surface area contributed by atoms with Gasteiger partial charge in [-0.25, -0.2) is 4.98 Å². The van der Waals surface area contributed by atoms with Crippen LogP contribution in [0.5, 0.6) is 5.88 Å². The quantitative estimate of drug-likeness (QED) is 0.552. The second kappa shape index (κ2) is 9.84. The first-order chi connectivity index (χ1) is 16.0. The zero-order valence-electron chi connectivity index (χ0n) is 19.4. The summed E-state index contributed by atoms with van der Waals surface area (Å²) >= 11 is 1.34. The lowest BCUT2D eigenvalue weighted by atomic mass is 10.1. The Bertz CT molecular complexity index is 1170. The monoisotopic (exact) mass is 468 g/mol. The van der Waals surface area contributed by atoms with Crippen LogP contribution in [0.2, 0.25) is 0 Å². The third kappa shape index (κ3) is 4.56. The lowest BCUT2D eigenvalue weighted by Crippen LogP contribution is -2.50. The van der Waals surface area contributed by atoms with E-state index in [2.05, 4.69) is 16.9 Å². The van der Waals surface area contributed by atoms with E-state index in [-0.39, 0.29) is 18.4 Å². The maximum Gasteiger partial charge on any atom is 0.264 e. The Morgan fingerprint density at radius 1 is 1.00 bits per heavy atom. The minimum atomic E-state index is -0.0507. The highest BCUT2D eigenvalue weighted by molar-refractivity contribution is 7.20. The molecule has 0 aliphatic carbocycles. The number of methoxy groups -OCH3 is 2. The topological polar surface area (TPSA) is 84.9 Å². The fourth-order valence-corrected chi connectivity index (χ4v) is 5.17. The van der Waals surface area contributed by atoms with Crippen molar-refractivity contribution >= 4 is 33.4 Å². The van der Waals surface area contributed by atoms with Crippen molar-refractivity contribution < 1.29 is 19.1 Å². The molecule has 1 fully saturated rings. The number of aryl methyl sites for hydroxylation is 2. The maximum absolute atomic E-state index is 13.3. The molecular weight excluding hydrogens is 440 g/mol. The van der Waals surface area contributed by atoms with Crippen LogP contribution < -0.4 is 4.74 Å². The van der Waals surface area contributed by atoms with E-state index in [4.69, 9.17) is 9.47 Å². The first-order valence-corrected chi connectivity index (χ1v) is 11.8. The highest BCUT2D eigenvalue weighted by Crippen LogP contribution is 2.35. The number of rotatable bonds is 6. The van der Waals surface area contributed by atoms with Crippen molar-refractivity contribution in [1.29, 1.82) is 0 Å². The van der Waals surface area contributed by atoms with E-state index in [0.717, 1.165) is 17.4 Å². The summed E-state index contributed by atoms with van der Waals surface area (Å²) in [7, 11) is 3.14. The van der Waals surface area contributed by atoms with Crippen LogP contribution in [0.4, 0.5) is 0 Å². The van der Waals surface area contributed by atoms with Crippen molar-refractivity contribution in [3.63, 3.8) is 0 Å². The minimum absolute atomic E-state index is 0.00785. The predicted octanol–water partition coefficient (Wildman–Crippen LogP) is 3.32. The first-order valence-electron chi connectivity index (χ1n) is 11.0. The number of benzene rings is 1. The van der Waals surface area contributed by atoms with E-state index in [9.17, 15) is 9.59 Å². The van der Waals surface area contributed by atoms with Gasteiger partial charge in [-0.3, -0.25) is 9.59 Å². The number of carbonyl (C=O) groups excluding carboxylic acids is 2. The molecule has 174 valence electrons. The summed E-state index contributed by atoms with van der Waals surface area (Å²) in [6.07, 6.45) is 0.942. The summed E-state index contributed by atoms with van der Waals surface area (Å²) < 4.78 is 10.6. The molecule has 9 heteroatoms. The van der Waals surface area contributed by atoms with Crippen LogP contribution in [0.25, 0.3) is 10.2 Å². The van der Waals surface area contributed by atoms with Gasteiger partial charge < -0.3 is 19.3 Å². The van der Waals surface area contributed by atoms with E-state index in [1.165, 1.54) is 16.9 Å². The standard InChI is InChI=1S/C24H28N4O4S/c1-5-16-6-8-17(9-7-16)23(29)27-10-12-28(13-11-27)24(30)20-15(2)19-21(32-4)25-18(14-31-3)26-22(19)33-20/h6-9H,5,10-14H2,1-4H3. The number of piperazine rings is 1. The highest BCUT2D eigenvalue weighted by Gasteiger charge is 2.29. The number of aromatic nitrogens is 2. The summed E-state index contributed by atoms with van der Waals surface area (Å²) in [5.74, 6) is 0.921. The van der Waals surface area contributed by atoms with Gasteiger partial charge in [-0.2, -0.15) is 4.98 Å². The highest BCUT2D eigenvalue weighted by atomic mass is 32.1. The molecule has 0 bridgehead atoms. The Kier molecular flexibility index (Phi) is 6.90. The molecule has 33 heavy (non-hydrogen) atoms. The van der Waals surface area contributed by atoms with Gasteiger partial charge in [0.2, 0.25) is 5.88 Å². The van der Waals surface area contributed by atoms with E-state index in [1.807, 2.05) is 36.1 Å². The summed E-state index contributed by atoms with van der Waals surface area (Å²) in [6.45, 7) is 6.24. The summed E-state index contributed by atoms with van der Waals surface area (Å²) in [5, 5.41) is 0.759. The largest absolute Gasteiger partial charge is 0.480 e. The van der Waals surface area contributed by atoms with Crippen LogP contribution in [0.15, 0.2) is 24.3 Å². The third-order valence-corrected chi connectivity index (χ3v) is 7.10. The Morgan fingerprint density at radius 3 is 2.21 bits per heavy atom. The molecule has 0 spiro atoms. The Hall–Kier alpha value is -3.04. The van der Waals surface area contributed by atoms with E-state index in [1.54, 1.807) is 19.1 Å². The predicted molar refractivity (Wildman–Crippen MR) is 127 cm³/mol. The molecule has 2 amide bonds. The molecule has 2 aromatic heterocycles. The maximum atomic E-state index is 13.3. The van der Waals surface area contributed by atoms with Crippen molar-refractivity contribution in [2.75, 3.05) is 40.4 Å². The van der Waals surface area contributed by atoms with Gasteiger partial charge in [0.05, 0.1) is 17.4 Å². The summed E-state index contributed by atoms with van der Waals surface area (Å²) in [6, 6.07) is 7.75. The zero-order valence-corrected chi connectivity index (χ0v) is 20.2. The Morgan fingerprint density at radius 2 is 1.64 bits per heavy atom. The fraction of sp³-hybridized carbons (Fsp3) is 0.417. The second-order valence-corrected chi connectivity index (χ2v) is 8.95. The van der Waals surface area contributed by atoms with Crippen molar-refractivity contribution in [3.05, 3.63) is 51.7 Å². The average Bonchev–Trinajstić information content (AvgIpc) is 3.19. The number of nitrogens with zero attached hydrogens (tertiary/aromatic N) is 4. The van der Waals surface area contributed by atoms with Gasteiger partial charge in [0.15, 0.2) is 5.82 Å². The van der Waals surface area contributed by atoms with Gasteiger partial charge >= 0.3 is 0 Å². The second-order valence-electron chi connectivity index (χ2n) is 7.95. The number of thiophene rings is 1. The number of hydrogen-bond acceptors (Lipinski definition) is 7. The van der Waals surface area contributed by atoms with Gasteiger partial charge in [-0.05, 0) is 36.6 Å². The molecular formula is C24H28N4O4S. The zero-order chi connectivity index (χ0) is 23.5. The number of ether oxygens (including phenoxy) is 2. The van der Waals surface area contributed by atoms with Crippen molar-refractivity contribution in [1.82, 2.24) is 19.8 Å². The van der Waals surface area contributed by atoms with Crippen molar-refractivity contribution in [2.45, 2.75) is 26.9 Å². The van der Waals surface area contributed by atoms with Gasteiger partial charge in [0.25, 0.3) is 11.8 Å². The van der Waals surface area contributed by atoms with Crippen LogP contribution in [-0.2, 0) is 17.8 Å². The van der Waals surface area contributed by atoms with Gasteiger partial charge in [0, 0.05) is 38.9 Å². The lowest BCUT2D eigenvalue weighted by Gasteiger charge is -2.34.